The van der Waals surface area contributed by atoms with E-state index in [1.807, 2.05) is 30.3 Å². The third-order valence-electron chi connectivity index (χ3n) is 6.59. The van der Waals surface area contributed by atoms with Gasteiger partial charge in [0.1, 0.15) is 16.5 Å². The molecule has 0 spiro atoms. The first-order chi connectivity index (χ1) is 16.2. The highest BCUT2D eigenvalue weighted by atomic mass is 32.1. The topological polar surface area (TPSA) is 93.6 Å². The number of hydrogen-bond donors (Lipinski definition) is 2. The molecular formula is C25H23N3O4S. The molecular weight excluding hydrogens is 438 g/mol. The number of rotatable bonds is 5. The quantitative estimate of drug-likeness (QED) is 0.403. The minimum Gasteiger partial charge on any atom is -0.481 e. The molecule has 168 valence electrons. The van der Waals surface area contributed by atoms with E-state index in [2.05, 4.69) is 17.4 Å². The summed E-state index contributed by atoms with van der Waals surface area (Å²) < 4.78 is 12.1. The Hall–Kier alpha value is -3.39. The Kier molecular flexibility index (Phi) is 5.02. The van der Waals surface area contributed by atoms with E-state index in [9.17, 15) is 9.90 Å². The Balaban J connectivity index is 1.35. The summed E-state index contributed by atoms with van der Waals surface area (Å²) in [6.45, 7) is 0.852. The van der Waals surface area contributed by atoms with Crippen LogP contribution in [0.5, 0.6) is 11.5 Å². The van der Waals surface area contributed by atoms with Crippen LogP contribution in [0, 0.1) is 5.92 Å². The molecule has 2 aliphatic rings. The van der Waals surface area contributed by atoms with Crippen LogP contribution in [0.25, 0.3) is 20.3 Å². The first kappa shape index (κ1) is 20.2. The highest BCUT2D eigenvalue weighted by Gasteiger charge is 2.29. The standard InChI is InChI=1S/C25H23N3O4S/c29-25(30)16-8-6-15(7-9-16)22-27-23(21-17-3-1-2-4-20(17)33-24(21)28-22)26-12-14-5-10-18-19(11-14)32-13-31-18/h1-5,10-11,15-16H,6-9,12-13H2,(H,29,30)(H,26,27,28). The van der Waals surface area contributed by atoms with Gasteiger partial charge in [0.05, 0.1) is 11.3 Å². The Bertz CT molecular complexity index is 1360. The van der Waals surface area contributed by atoms with Crippen molar-refractivity contribution in [3.63, 3.8) is 0 Å². The van der Waals surface area contributed by atoms with Crippen molar-refractivity contribution in [3.8, 4) is 11.5 Å². The zero-order chi connectivity index (χ0) is 22.4. The average Bonchev–Trinajstić information content (AvgIpc) is 3.46. The third-order valence-corrected chi connectivity index (χ3v) is 7.66. The Labute approximate surface area is 194 Å². The van der Waals surface area contributed by atoms with Gasteiger partial charge in [-0.25, -0.2) is 9.97 Å². The number of carboxylic acids is 1. The maximum Gasteiger partial charge on any atom is 0.306 e. The van der Waals surface area contributed by atoms with Gasteiger partial charge in [0, 0.05) is 22.5 Å². The molecule has 0 unspecified atom stereocenters. The number of nitrogens with zero attached hydrogens (tertiary/aromatic N) is 2. The molecule has 0 atom stereocenters. The lowest BCUT2D eigenvalue weighted by molar-refractivity contribution is -0.142. The summed E-state index contributed by atoms with van der Waals surface area (Å²) in [5, 5.41) is 15.1. The summed E-state index contributed by atoms with van der Waals surface area (Å²) in [6, 6.07) is 14.3. The molecule has 4 aromatic rings. The van der Waals surface area contributed by atoms with Gasteiger partial charge in [-0.3, -0.25) is 4.79 Å². The minimum absolute atomic E-state index is 0.182. The molecule has 1 aliphatic heterocycles. The first-order valence-corrected chi connectivity index (χ1v) is 12.0. The van der Waals surface area contributed by atoms with Crippen LogP contribution in [0.3, 0.4) is 0 Å². The van der Waals surface area contributed by atoms with E-state index in [0.717, 1.165) is 57.1 Å². The number of benzene rings is 2. The van der Waals surface area contributed by atoms with Crippen LogP contribution in [0.2, 0.25) is 0 Å². The van der Waals surface area contributed by atoms with Crippen molar-refractivity contribution in [2.24, 2.45) is 5.92 Å². The molecule has 0 amide bonds. The number of nitrogens with one attached hydrogen (secondary N) is 1. The largest absolute Gasteiger partial charge is 0.481 e. The van der Waals surface area contributed by atoms with Crippen LogP contribution in [0.4, 0.5) is 5.82 Å². The number of carbonyl (C=O) groups is 1. The highest BCUT2D eigenvalue weighted by Crippen LogP contribution is 2.40. The van der Waals surface area contributed by atoms with E-state index in [4.69, 9.17) is 19.4 Å². The van der Waals surface area contributed by atoms with E-state index in [1.165, 1.54) is 4.70 Å². The molecule has 33 heavy (non-hydrogen) atoms. The van der Waals surface area contributed by atoms with Crippen LogP contribution in [-0.4, -0.2) is 27.8 Å². The number of ether oxygens (including phenoxy) is 2. The zero-order valence-corrected chi connectivity index (χ0v) is 18.7. The minimum atomic E-state index is -0.694. The van der Waals surface area contributed by atoms with Crippen LogP contribution >= 0.6 is 11.3 Å². The number of fused-ring (bicyclic) bond motifs is 4. The van der Waals surface area contributed by atoms with Crippen molar-refractivity contribution in [2.45, 2.75) is 38.1 Å². The molecule has 0 saturated heterocycles. The van der Waals surface area contributed by atoms with Crippen molar-refractivity contribution in [3.05, 3.63) is 53.9 Å². The van der Waals surface area contributed by atoms with Crippen LogP contribution < -0.4 is 14.8 Å². The fourth-order valence-electron chi connectivity index (χ4n) is 4.79. The van der Waals surface area contributed by atoms with Gasteiger partial charge in [-0.1, -0.05) is 24.3 Å². The fourth-order valence-corrected chi connectivity index (χ4v) is 5.87. The van der Waals surface area contributed by atoms with E-state index >= 15 is 0 Å². The number of aromatic nitrogens is 2. The molecule has 1 aliphatic carbocycles. The molecule has 2 N–H and O–H groups in total. The molecule has 6 rings (SSSR count). The first-order valence-electron chi connectivity index (χ1n) is 11.2. The molecule has 7 nitrogen and oxygen atoms in total. The van der Waals surface area contributed by atoms with Crippen molar-refractivity contribution in [2.75, 3.05) is 12.1 Å². The van der Waals surface area contributed by atoms with E-state index in [-0.39, 0.29) is 18.6 Å². The number of anilines is 1. The Morgan fingerprint density at radius 3 is 2.73 bits per heavy atom. The Morgan fingerprint density at radius 1 is 1.06 bits per heavy atom. The third kappa shape index (κ3) is 3.74. The monoisotopic (exact) mass is 461 g/mol. The molecule has 8 heteroatoms. The van der Waals surface area contributed by atoms with Crippen LogP contribution in [-0.2, 0) is 11.3 Å². The molecule has 1 saturated carbocycles. The van der Waals surface area contributed by atoms with Gasteiger partial charge < -0.3 is 19.9 Å². The van der Waals surface area contributed by atoms with Gasteiger partial charge in [0.15, 0.2) is 11.5 Å². The van der Waals surface area contributed by atoms with Gasteiger partial charge in [-0.05, 0) is 49.4 Å². The average molecular weight is 462 g/mol. The van der Waals surface area contributed by atoms with Crippen LogP contribution in [0.1, 0.15) is 43.0 Å². The van der Waals surface area contributed by atoms with E-state index in [0.29, 0.717) is 19.4 Å². The lowest BCUT2D eigenvalue weighted by Crippen LogP contribution is -2.21. The number of hydrogen-bond acceptors (Lipinski definition) is 7. The van der Waals surface area contributed by atoms with Crippen molar-refractivity contribution in [1.29, 1.82) is 0 Å². The van der Waals surface area contributed by atoms with E-state index in [1.54, 1.807) is 11.3 Å². The van der Waals surface area contributed by atoms with Gasteiger partial charge in [-0.15, -0.1) is 11.3 Å². The predicted octanol–water partition coefficient (Wildman–Crippen LogP) is 5.54. The molecule has 2 aromatic heterocycles. The van der Waals surface area contributed by atoms with Gasteiger partial charge in [-0.2, -0.15) is 0 Å². The Morgan fingerprint density at radius 2 is 1.88 bits per heavy atom. The lowest BCUT2D eigenvalue weighted by Gasteiger charge is -2.25. The smallest absolute Gasteiger partial charge is 0.306 e. The second-order valence-electron chi connectivity index (χ2n) is 8.64. The molecule has 0 bridgehead atoms. The maximum atomic E-state index is 11.4. The SMILES string of the molecule is O=C(O)C1CCC(c2nc(NCc3ccc4c(c3)OCO4)c3c(n2)sc2ccccc23)CC1. The van der Waals surface area contributed by atoms with E-state index < -0.39 is 5.97 Å². The number of aliphatic carboxylic acids is 1. The van der Waals surface area contributed by atoms with Gasteiger partial charge in [0.2, 0.25) is 6.79 Å². The summed E-state index contributed by atoms with van der Waals surface area (Å²) in [6.07, 6.45) is 2.95. The van der Waals surface area contributed by atoms with Gasteiger partial charge >= 0.3 is 5.97 Å². The summed E-state index contributed by atoms with van der Waals surface area (Å²) in [5.41, 5.74) is 1.08. The van der Waals surface area contributed by atoms with Crippen molar-refractivity contribution < 1.29 is 19.4 Å². The summed E-state index contributed by atoms with van der Waals surface area (Å²) >= 11 is 1.68. The predicted molar refractivity (Wildman–Crippen MR) is 127 cm³/mol. The van der Waals surface area contributed by atoms with Crippen LogP contribution in [0.15, 0.2) is 42.5 Å². The highest BCUT2D eigenvalue weighted by molar-refractivity contribution is 7.25. The molecule has 3 heterocycles. The van der Waals surface area contributed by atoms with Crippen molar-refractivity contribution in [1.82, 2.24) is 9.97 Å². The summed E-state index contributed by atoms with van der Waals surface area (Å²) in [7, 11) is 0. The molecule has 1 fully saturated rings. The summed E-state index contributed by atoms with van der Waals surface area (Å²) in [4.78, 5) is 22.3. The summed E-state index contributed by atoms with van der Waals surface area (Å²) in [5.74, 6) is 2.40. The maximum absolute atomic E-state index is 11.4. The lowest BCUT2D eigenvalue weighted by atomic mass is 9.81. The van der Waals surface area contributed by atoms with Gasteiger partial charge in [0.25, 0.3) is 0 Å². The molecule has 0 radical (unpaired) electrons. The second-order valence-corrected chi connectivity index (χ2v) is 9.67. The normalized spacial score (nSPS) is 19.8. The fraction of sp³-hybridized carbons (Fsp3) is 0.320. The number of thiophene rings is 1. The zero-order valence-electron chi connectivity index (χ0n) is 17.9. The molecule has 2 aromatic carbocycles. The van der Waals surface area contributed by atoms with Crippen molar-refractivity contribution >= 4 is 43.4 Å². The number of carboxylic acid groups (broad SMARTS) is 1. The second kappa shape index (κ2) is 8.19.